The molecule has 3 N–H and O–H groups in total. The fourth-order valence-electron chi connectivity index (χ4n) is 2.39. The highest BCUT2D eigenvalue weighted by Crippen LogP contribution is 2.46. The number of benzene rings is 3. The molecule has 6 nitrogen and oxygen atoms in total. The summed E-state index contributed by atoms with van der Waals surface area (Å²) in [6.45, 7) is 0. The van der Waals surface area contributed by atoms with Gasteiger partial charge in [-0.2, -0.15) is 0 Å². The van der Waals surface area contributed by atoms with Gasteiger partial charge in [-0.25, -0.2) is 4.57 Å². The third-order valence-electron chi connectivity index (χ3n) is 3.59. The molecule has 0 aliphatic carbocycles. The average molecular weight is 414 g/mol. The molecule has 136 valence electrons. The SMILES string of the molecule is COP(=O)(O)Nc1cc(Cl)c(Oc2ccc(O)c3ccccc23)c(Cl)c1. The molecular formula is C17H14Cl2NO5P. The maximum absolute atomic E-state index is 11.6. The van der Waals surface area contributed by atoms with Gasteiger partial charge in [0.05, 0.1) is 10.0 Å². The summed E-state index contributed by atoms with van der Waals surface area (Å²) in [7, 11) is -2.89. The van der Waals surface area contributed by atoms with Crippen LogP contribution in [-0.2, 0) is 9.09 Å². The number of ether oxygens (including phenoxy) is 1. The molecule has 0 aliphatic rings. The van der Waals surface area contributed by atoms with E-state index in [1.54, 1.807) is 24.3 Å². The molecular weight excluding hydrogens is 400 g/mol. The van der Waals surface area contributed by atoms with Gasteiger partial charge in [-0.3, -0.25) is 9.61 Å². The smallest absolute Gasteiger partial charge is 0.429 e. The molecule has 0 aliphatic heterocycles. The van der Waals surface area contributed by atoms with Crippen LogP contribution in [0.3, 0.4) is 0 Å². The Balaban J connectivity index is 1.99. The van der Waals surface area contributed by atoms with E-state index in [4.69, 9.17) is 27.9 Å². The highest BCUT2D eigenvalue weighted by Gasteiger charge is 2.19. The molecule has 3 aromatic carbocycles. The van der Waals surface area contributed by atoms with Crippen molar-refractivity contribution in [2.45, 2.75) is 0 Å². The fourth-order valence-corrected chi connectivity index (χ4v) is 3.50. The van der Waals surface area contributed by atoms with Crippen LogP contribution in [0.25, 0.3) is 10.8 Å². The van der Waals surface area contributed by atoms with E-state index in [0.717, 1.165) is 7.11 Å². The first-order valence-corrected chi connectivity index (χ1v) is 9.68. The van der Waals surface area contributed by atoms with Crippen LogP contribution < -0.4 is 9.82 Å². The highest BCUT2D eigenvalue weighted by molar-refractivity contribution is 7.54. The van der Waals surface area contributed by atoms with Gasteiger partial charge in [0.1, 0.15) is 11.5 Å². The van der Waals surface area contributed by atoms with Crippen molar-refractivity contribution in [1.82, 2.24) is 0 Å². The van der Waals surface area contributed by atoms with E-state index < -0.39 is 7.75 Å². The maximum atomic E-state index is 11.6. The molecule has 0 bridgehead atoms. The number of hydrogen-bond acceptors (Lipinski definition) is 4. The van der Waals surface area contributed by atoms with Crippen molar-refractivity contribution in [2.75, 3.05) is 12.2 Å². The zero-order chi connectivity index (χ0) is 18.9. The summed E-state index contributed by atoms with van der Waals surface area (Å²) >= 11 is 12.5. The van der Waals surface area contributed by atoms with Crippen molar-refractivity contribution in [3.63, 3.8) is 0 Å². The predicted molar refractivity (Wildman–Crippen MR) is 103 cm³/mol. The van der Waals surface area contributed by atoms with Crippen LogP contribution in [0.1, 0.15) is 0 Å². The molecule has 1 unspecified atom stereocenters. The Bertz CT molecular complexity index is 1000. The molecule has 0 heterocycles. The second-order valence-electron chi connectivity index (χ2n) is 5.31. The summed E-state index contributed by atoms with van der Waals surface area (Å²) in [6.07, 6.45) is 0. The largest absolute Gasteiger partial charge is 0.507 e. The number of phenolic OH excluding ortho intramolecular Hbond substituents is 1. The summed E-state index contributed by atoms with van der Waals surface area (Å²) in [5, 5.41) is 13.8. The minimum atomic E-state index is -3.99. The van der Waals surface area contributed by atoms with E-state index in [0.29, 0.717) is 16.5 Å². The molecule has 0 radical (unpaired) electrons. The monoisotopic (exact) mass is 413 g/mol. The number of anilines is 1. The Labute approximate surface area is 159 Å². The van der Waals surface area contributed by atoms with Crippen LogP contribution in [0.2, 0.25) is 10.0 Å². The van der Waals surface area contributed by atoms with E-state index in [1.165, 1.54) is 18.2 Å². The van der Waals surface area contributed by atoms with Gasteiger partial charge in [-0.05, 0) is 24.3 Å². The molecule has 0 saturated carbocycles. The lowest BCUT2D eigenvalue weighted by molar-refractivity contribution is 0.322. The molecule has 26 heavy (non-hydrogen) atoms. The van der Waals surface area contributed by atoms with Crippen molar-refractivity contribution in [1.29, 1.82) is 0 Å². The summed E-state index contributed by atoms with van der Waals surface area (Å²) in [5.41, 5.74) is 0.204. The Morgan fingerprint density at radius 1 is 1.04 bits per heavy atom. The van der Waals surface area contributed by atoms with Crippen LogP contribution in [0, 0.1) is 0 Å². The quantitative estimate of drug-likeness (QED) is 0.457. The zero-order valence-corrected chi connectivity index (χ0v) is 15.8. The van der Waals surface area contributed by atoms with Crippen LogP contribution in [0.5, 0.6) is 17.2 Å². The molecule has 0 spiro atoms. The van der Waals surface area contributed by atoms with Gasteiger partial charge < -0.3 is 14.7 Å². The molecule has 9 heteroatoms. The van der Waals surface area contributed by atoms with Crippen LogP contribution >= 0.6 is 30.9 Å². The lowest BCUT2D eigenvalue weighted by Gasteiger charge is -2.16. The summed E-state index contributed by atoms with van der Waals surface area (Å²) in [5.74, 6) is 0.760. The predicted octanol–water partition coefficient (Wildman–Crippen LogP) is 5.80. The third kappa shape index (κ3) is 3.90. The van der Waals surface area contributed by atoms with Crippen molar-refractivity contribution in [2.24, 2.45) is 0 Å². The van der Waals surface area contributed by atoms with E-state index in [9.17, 15) is 14.6 Å². The minimum absolute atomic E-state index is 0.128. The normalized spacial score (nSPS) is 13.4. The lowest BCUT2D eigenvalue weighted by atomic mass is 10.1. The number of rotatable bonds is 5. The van der Waals surface area contributed by atoms with Gasteiger partial charge >= 0.3 is 7.75 Å². The van der Waals surface area contributed by atoms with Crippen LogP contribution in [0.15, 0.2) is 48.5 Å². The van der Waals surface area contributed by atoms with Crippen molar-refractivity contribution in [3.8, 4) is 17.2 Å². The third-order valence-corrected chi connectivity index (χ3v) is 5.19. The highest BCUT2D eigenvalue weighted by atomic mass is 35.5. The number of fused-ring (bicyclic) bond motifs is 1. The van der Waals surface area contributed by atoms with Gasteiger partial charge in [0.25, 0.3) is 0 Å². The molecule has 0 saturated heterocycles. The van der Waals surface area contributed by atoms with Gasteiger partial charge in [0.2, 0.25) is 0 Å². The Kier molecular flexibility index (Phi) is 5.32. The van der Waals surface area contributed by atoms with E-state index in [-0.39, 0.29) is 27.2 Å². The fraction of sp³-hybridized carbons (Fsp3) is 0.0588. The van der Waals surface area contributed by atoms with Crippen molar-refractivity contribution < 1.29 is 23.8 Å². The molecule has 3 rings (SSSR count). The van der Waals surface area contributed by atoms with Gasteiger partial charge in [0, 0.05) is 23.6 Å². The molecule has 3 aromatic rings. The van der Waals surface area contributed by atoms with Crippen molar-refractivity contribution >= 4 is 47.4 Å². The second-order valence-corrected chi connectivity index (χ2v) is 7.76. The van der Waals surface area contributed by atoms with Crippen LogP contribution in [-0.4, -0.2) is 17.1 Å². The van der Waals surface area contributed by atoms with E-state index in [1.807, 2.05) is 6.07 Å². The Hall–Kier alpha value is -1.95. The Morgan fingerprint density at radius 3 is 2.27 bits per heavy atom. The minimum Gasteiger partial charge on any atom is -0.507 e. The lowest BCUT2D eigenvalue weighted by Crippen LogP contribution is -1.98. The summed E-state index contributed by atoms with van der Waals surface area (Å²) in [4.78, 5) is 9.49. The topological polar surface area (TPSA) is 88.0 Å². The standard InChI is InChI=1S/C17H14Cl2NO5P/c1-24-26(22,23)20-10-8-13(18)17(14(19)9-10)25-16-7-6-15(21)11-4-2-3-5-12(11)16/h2-9,21H,1H3,(H2,20,22,23). The van der Waals surface area contributed by atoms with Gasteiger partial charge in [-0.1, -0.05) is 47.5 Å². The number of hydrogen-bond donors (Lipinski definition) is 3. The van der Waals surface area contributed by atoms with E-state index in [2.05, 4.69) is 9.61 Å². The maximum Gasteiger partial charge on any atom is 0.429 e. The zero-order valence-electron chi connectivity index (χ0n) is 13.4. The molecule has 0 amide bonds. The van der Waals surface area contributed by atoms with Crippen molar-refractivity contribution in [3.05, 3.63) is 58.6 Å². The summed E-state index contributed by atoms with van der Waals surface area (Å²) < 4.78 is 21.9. The number of nitrogens with one attached hydrogen (secondary N) is 1. The Morgan fingerprint density at radius 2 is 1.65 bits per heavy atom. The molecule has 0 fully saturated rings. The number of phenols is 1. The summed E-state index contributed by atoms with van der Waals surface area (Å²) in [6, 6.07) is 13.1. The van der Waals surface area contributed by atoms with Gasteiger partial charge in [0.15, 0.2) is 5.75 Å². The molecule has 0 aromatic heterocycles. The first-order valence-electron chi connectivity index (χ1n) is 7.35. The first-order chi connectivity index (χ1) is 12.3. The number of halogens is 2. The van der Waals surface area contributed by atoms with E-state index >= 15 is 0 Å². The average Bonchev–Trinajstić information content (AvgIpc) is 2.60. The first kappa shape index (κ1) is 18.8. The molecule has 1 atom stereocenters. The van der Waals surface area contributed by atoms with Gasteiger partial charge in [-0.15, -0.1) is 0 Å². The number of aromatic hydroxyl groups is 1. The second kappa shape index (κ2) is 7.35. The van der Waals surface area contributed by atoms with Crippen LogP contribution in [0.4, 0.5) is 5.69 Å².